The summed E-state index contributed by atoms with van der Waals surface area (Å²) < 4.78 is 9.92. The molecule has 0 aliphatic rings. The summed E-state index contributed by atoms with van der Waals surface area (Å²) in [7, 11) is 2.60. The number of hydrogen-bond acceptors (Lipinski definition) is 5. The van der Waals surface area contributed by atoms with Crippen molar-refractivity contribution < 1.29 is 29.6 Å². The van der Waals surface area contributed by atoms with E-state index in [9.17, 15) is 20.1 Å². The van der Waals surface area contributed by atoms with Crippen LogP contribution < -0.4 is 9.47 Å². The molecule has 0 aromatic heterocycles. The lowest BCUT2D eigenvalue weighted by Crippen LogP contribution is -2.10. The minimum Gasteiger partial charge on any atom is -0.502 e. The molecule has 0 bridgehead atoms. The van der Waals surface area contributed by atoms with Crippen molar-refractivity contribution in [2.75, 3.05) is 14.2 Å². The van der Waals surface area contributed by atoms with Gasteiger partial charge in [0.2, 0.25) is 5.75 Å². The molecule has 1 aromatic rings. The predicted molar refractivity (Wildman–Crippen MR) is 68.0 cm³/mol. The highest BCUT2D eigenvalue weighted by Gasteiger charge is 2.27. The molecule has 0 saturated carbocycles. The Hall–Kier alpha value is -1.95. The molecule has 6 heteroatoms. The summed E-state index contributed by atoms with van der Waals surface area (Å²) in [5.41, 5.74) is -0.0809. The fourth-order valence-electron chi connectivity index (χ4n) is 1.93. The molecule has 0 heterocycles. The standard InChI is InChI=1S/C13H18O6/c1-4-5-8(14)10-7(13(16)17)6-9(18-2)11(15)12(10)19-3/h6,8,14-15H,4-5H2,1-3H3,(H,16,17). The first kappa shape index (κ1) is 15.1. The first-order valence-electron chi connectivity index (χ1n) is 5.87. The van der Waals surface area contributed by atoms with Crippen LogP contribution in [0.2, 0.25) is 0 Å². The fraction of sp³-hybridized carbons (Fsp3) is 0.462. The lowest BCUT2D eigenvalue weighted by atomic mass is 9.97. The van der Waals surface area contributed by atoms with Crippen molar-refractivity contribution in [3.8, 4) is 17.2 Å². The summed E-state index contributed by atoms with van der Waals surface area (Å²) in [6, 6.07) is 1.17. The van der Waals surface area contributed by atoms with Gasteiger partial charge >= 0.3 is 5.97 Å². The Morgan fingerprint density at radius 1 is 1.37 bits per heavy atom. The molecule has 106 valence electrons. The Morgan fingerprint density at radius 2 is 2.00 bits per heavy atom. The quantitative estimate of drug-likeness (QED) is 0.731. The number of carboxylic acid groups (broad SMARTS) is 1. The average molecular weight is 270 g/mol. The van der Waals surface area contributed by atoms with E-state index in [1.54, 1.807) is 0 Å². The number of aliphatic hydroxyl groups is 1. The van der Waals surface area contributed by atoms with E-state index < -0.39 is 12.1 Å². The Bertz CT molecular complexity index is 469. The number of ether oxygens (including phenoxy) is 2. The molecule has 1 unspecified atom stereocenters. The summed E-state index contributed by atoms with van der Waals surface area (Å²) >= 11 is 0. The monoisotopic (exact) mass is 270 g/mol. The summed E-state index contributed by atoms with van der Waals surface area (Å²) in [5, 5.41) is 29.2. The maximum absolute atomic E-state index is 11.3. The van der Waals surface area contributed by atoms with E-state index in [0.717, 1.165) is 0 Å². The Balaban J connectivity index is 3.55. The molecular weight excluding hydrogens is 252 g/mol. The van der Waals surface area contributed by atoms with E-state index in [1.807, 2.05) is 6.92 Å². The first-order valence-corrected chi connectivity index (χ1v) is 5.87. The van der Waals surface area contributed by atoms with Crippen LogP contribution >= 0.6 is 0 Å². The van der Waals surface area contributed by atoms with Gasteiger partial charge in [-0.3, -0.25) is 0 Å². The number of carbonyl (C=O) groups is 1. The number of phenolic OH excluding ortho intramolecular Hbond substituents is 1. The Labute approximate surface area is 111 Å². The maximum Gasteiger partial charge on any atom is 0.336 e. The highest BCUT2D eigenvalue weighted by molar-refractivity contribution is 5.92. The van der Waals surface area contributed by atoms with Crippen LogP contribution in [0, 0.1) is 0 Å². The molecule has 0 fully saturated rings. The predicted octanol–water partition coefficient (Wildman–Crippen LogP) is 1.94. The van der Waals surface area contributed by atoms with Crippen LogP contribution in [0.25, 0.3) is 0 Å². The van der Waals surface area contributed by atoms with Crippen LogP contribution in [0.1, 0.15) is 41.8 Å². The lowest BCUT2D eigenvalue weighted by Gasteiger charge is -2.19. The number of methoxy groups -OCH3 is 2. The smallest absolute Gasteiger partial charge is 0.336 e. The van der Waals surface area contributed by atoms with Gasteiger partial charge in [-0.25, -0.2) is 4.79 Å². The van der Waals surface area contributed by atoms with Crippen LogP contribution in [-0.4, -0.2) is 35.5 Å². The zero-order valence-corrected chi connectivity index (χ0v) is 11.1. The Kier molecular flexibility index (Phi) is 5.00. The summed E-state index contributed by atoms with van der Waals surface area (Å²) in [4.78, 5) is 11.3. The van der Waals surface area contributed by atoms with Crippen LogP contribution in [-0.2, 0) is 0 Å². The average Bonchev–Trinajstić information content (AvgIpc) is 2.37. The number of carboxylic acids is 1. The zero-order chi connectivity index (χ0) is 14.6. The molecule has 19 heavy (non-hydrogen) atoms. The molecule has 0 saturated heterocycles. The summed E-state index contributed by atoms with van der Waals surface area (Å²) in [6.45, 7) is 1.86. The third-order valence-corrected chi connectivity index (χ3v) is 2.81. The third kappa shape index (κ3) is 2.90. The Morgan fingerprint density at radius 3 is 2.42 bits per heavy atom. The molecule has 1 atom stereocenters. The molecule has 1 rings (SSSR count). The molecule has 6 nitrogen and oxygen atoms in total. The number of aromatic carboxylic acids is 1. The molecule has 0 aliphatic heterocycles. The van der Waals surface area contributed by atoms with Gasteiger partial charge in [-0.1, -0.05) is 13.3 Å². The number of rotatable bonds is 6. The van der Waals surface area contributed by atoms with Crippen molar-refractivity contribution in [3.05, 3.63) is 17.2 Å². The molecule has 1 aromatic carbocycles. The van der Waals surface area contributed by atoms with Gasteiger partial charge in [-0.2, -0.15) is 0 Å². The molecule has 0 spiro atoms. The van der Waals surface area contributed by atoms with Crippen molar-refractivity contribution in [1.29, 1.82) is 0 Å². The zero-order valence-electron chi connectivity index (χ0n) is 11.1. The number of hydrogen-bond donors (Lipinski definition) is 3. The molecule has 0 aliphatic carbocycles. The van der Waals surface area contributed by atoms with Crippen LogP contribution in [0.15, 0.2) is 6.07 Å². The van der Waals surface area contributed by atoms with Crippen molar-refractivity contribution in [2.45, 2.75) is 25.9 Å². The molecular formula is C13H18O6. The van der Waals surface area contributed by atoms with E-state index in [1.165, 1.54) is 20.3 Å². The highest BCUT2D eigenvalue weighted by atomic mass is 16.5. The van der Waals surface area contributed by atoms with Crippen molar-refractivity contribution in [1.82, 2.24) is 0 Å². The number of aliphatic hydroxyl groups excluding tert-OH is 1. The van der Waals surface area contributed by atoms with Gasteiger partial charge in [-0.05, 0) is 12.5 Å². The maximum atomic E-state index is 11.3. The minimum atomic E-state index is -1.22. The summed E-state index contributed by atoms with van der Waals surface area (Å²) in [5.74, 6) is -1.62. The third-order valence-electron chi connectivity index (χ3n) is 2.81. The molecule has 0 amide bonds. The van der Waals surface area contributed by atoms with E-state index in [4.69, 9.17) is 9.47 Å². The van der Waals surface area contributed by atoms with E-state index in [2.05, 4.69) is 0 Å². The number of benzene rings is 1. The second-order valence-corrected chi connectivity index (χ2v) is 4.03. The van der Waals surface area contributed by atoms with Gasteiger partial charge in [0.05, 0.1) is 25.9 Å². The van der Waals surface area contributed by atoms with E-state index in [0.29, 0.717) is 12.8 Å². The topological polar surface area (TPSA) is 96.2 Å². The van der Waals surface area contributed by atoms with Gasteiger partial charge in [-0.15, -0.1) is 0 Å². The van der Waals surface area contributed by atoms with Crippen LogP contribution in [0.3, 0.4) is 0 Å². The van der Waals surface area contributed by atoms with E-state index in [-0.39, 0.29) is 28.4 Å². The fourth-order valence-corrected chi connectivity index (χ4v) is 1.93. The van der Waals surface area contributed by atoms with Gasteiger partial charge in [0.25, 0.3) is 0 Å². The second-order valence-electron chi connectivity index (χ2n) is 4.03. The van der Waals surface area contributed by atoms with Gasteiger partial charge < -0.3 is 24.8 Å². The minimum absolute atomic E-state index is 0.0123. The SMILES string of the molecule is CCCC(O)c1c(C(=O)O)cc(OC)c(O)c1OC. The first-order chi connectivity index (χ1) is 8.97. The molecule has 0 radical (unpaired) electrons. The van der Waals surface area contributed by atoms with Crippen molar-refractivity contribution in [3.63, 3.8) is 0 Å². The molecule has 3 N–H and O–H groups in total. The van der Waals surface area contributed by atoms with Gasteiger partial charge in [0, 0.05) is 5.56 Å². The normalized spacial score (nSPS) is 12.0. The second kappa shape index (κ2) is 6.29. The highest BCUT2D eigenvalue weighted by Crippen LogP contribution is 2.44. The van der Waals surface area contributed by atoms with Crippen molar-refractivity contribution in [2.24, 2.45) is 0 Å². The van der Waals surface area contributed by atoms with Crippen molar-refractivity contribution >= 4 is 5.97 Å². The van der Waals surface area contributed by atoms with Crippen LogP contribution in [0.5, 0.6) is 17.2 Å². The van der Waals surface area contributed by atoms with Gasteiger partial charge in [0.15, 0.2) is 11.5 Å². The summed E-state index contributed by atoms with van der Waals surface area (Å²) in [6.07, 6.45) is 0.00124. The number of aromatic hydroxyl groups is 1. The lowest BCUT2D eigenvalue weighted by molar-refractivity contribution is 0.0686. The van der Waals surface area contributed by atoms with E-state index >= 15 is 0 Å². The number of phenols is 1. The van der Waals surface area contributed by atoms with Gasteiger partial charge in [0.1, 0.15) is 0 Å². The largest absolute Gasteiger partial charge is 0.502 e. The van der Waals surface area contributed by atoms with Crippen LogP contribution in [0.4, 0.5) is 0 Å².